The highest BCUT2D eigenvalue weighted by atomic mass is 16.5. The topological polar surface area (TPSA) is 67.4 Å². The normalized spacial score (nSPS) is 12.9. The Morgan fingerprint density at radius 2 is 1.55 bits per heavy atom. The van der Waals surface area contributed by atoms with Gasteiger partial charge in [0.2, 0.25) is 5.91 Å². The first-order chi connectivity index (χ1) is 13.8. The SMILES string of the molecule is CCOc1ccc(C(=O)N[C@H](C(=O)Nc2ccc([C@H](C)CC)cc2)C(C)C)cc1. The third-order valence-corrected chi connectivity index (χ3v) is 5.02. The summed E-state index contributed by atoms with van der Waals surface area (Å²) < 4.78 is 5.40. The monoisotopic (exact) mass is 396 g/mol. The maximum absolute atomic E-state index is 12.8. The molecule has 0 aliphatic carbocycles. The summed E-state index contributed by atoms with van der Waals surface area (Å²) >= 11 is 0. The van der Waals surface area contributed by atoms with Gasteiger partial charge in [0.05, 0.1) is 6.61 Å². The molecule has 5 heteroatoms. The van der Waals surface area contributed by atoms with Crippen molar-refractivity contribution in [3.8, 4) is 5.75 Å². The van der Waals surface area contributed by atoms with E-state index < -0.39 is 6.04 Å². The number of carbonyl (C=O) groups excluding carboxylic acids is 2. The fourth-order valence-electron chi connectivity index (χ4n) is 2.98. The van der Waals surface area contributed by atoms with Crippen LogP contribution in [0.25, 0.3) is 0 Å². The van der Waals surface area contributed by atoms with Crippen molar-refractivity contribution in [3.05, 3.63) is 59.7 Å². The lowest BCUT2D eigenvalue weighted by Gasteiger charge is -2.22. The fraction of sp³-hybridized carbons (Fsp3) is 0.417. The molecule has 0 saturated heterocycles. The molecular weight excluding hydrogens is 364 g/mol. The molecule has 0 aromatic heterocycles. The highest BCUT2D eigenvalue weighted by molar-refractivity contribution is 6.01. The summed E-state index contributed by atoms with van der Waals surface area (Å²) in [6.07, 6.45) is 1.07. The number of carbonyl (C=O) groups is 2. The van der Waals surface area contributed by atoms with Crippen LogP contribution in [-0.2, 0) is 4.79 Å². The van der Waals surface area contributed by atoms with Crippen molar-refractivity contribution in [1.29, 1.82) is 0 Å². The van der Waals surface area contributed by atoms with Crippen LogP contribution in [0.5, 0.6) is 5.75 Å². The van der Waals surface area contributed by atoms with Crippen molar-refractivity contribution in [3.63, 3.8) is 0 Å². The summed E-state index contributed by atoms with van der Waals surface area (Å²) in [5.41, 5.74) is 2.46. The summed E-state index contributed by atoms with van der Waals surface area (Å²) in [6.45, 7) is 10.6. The second-order valence-electron chi connectivity index (χ2n) is 7.57. The standard InChI is InChI=1S/C24H32N2O3/c1-6-17(5)18-8-12-20(13-9-18)25-24(28)22(16(3)4)26-23(27)19-10-14-21(15-11-19)29-7-2/h8-17,22H,6-7H2,1-5H3,(H,25,28)(H,26,27)/t17-,22+/m1/s1. The van der Waals surface area contributed by atoms with Crippen LogP contribution in [0, 0.1) is 5.92 Å². The Labute approximate surface area is 173 Å². The molecule has 2 atom stereocenters. The van der Waals surface area contributed by atoms with Crippen LogP contribution in [0.4, 0.5) is 5.69 Å². The number of nitrogens with one attached hydrogen (secondary N) is 2. The van der Waals surface area contributed by atoms with Gasteiger partial charge in [-0.3, -0.25) is 9.59 Å². The summed E-state index contributed by atoms with van der Waals surface area (Å²) in [6, 6.07) is 14.1. The van der Waals surface area contributed by atoms with Crippen LogP contribution in [0.15, 0.2) is 48.5 Å². The molecule has 2 aromatic carbocycles. The molecule has 2 N–H and O–H groups in total. The Morgan fingerprint density at radius 3 is 2.07 bits per heavy atom. The smallest absolute Gasteiger partial charge is 0.251 e. The maximum atomic E-state index is 12.8. The minimum absolute atomic E-state index is 0.0546. The zero-order chi connectivity index (χ0) is 21.4. The highest BCUT2D eigenvalue weighted by Gasteiger charge is 2.25. The third kappa shape index (κ3) is 6.34. The third-order valence-electron chi connectivity index (χ3n) is 5.02. The van der Waals surface area contributed by atoms with E-state index in [2.05, 4.69) is 24.5 Å². The summed E-state index contributed by atoms with van der Waals surface area (Å²) in [7, 11) is 0. The molecule has 5 nitrogen and oxygen atoms in total. The first-order valence-electron chi connectivity index (χ1n) is 10.3. The first-order valence-corrected chi connectivity index (χ1v) is 10.3. The zero-order valence-electron chi connectivity index (χ0n) is 18.0. The van der Waals surface area contributed by atoms with Crippen LogP contribution < -0.4 is 15.4 Å². The lowest BCUT2D eigenvalue weighted by Crippen LogP contribution is -2.47. The summed E-state index contributed by atoms with van der Waals surface area (Å²) in [4.78, 5) is 25.4. The molecule has 0 aliphatic heterocycles. The van der Waals surface area contributed by atoms with Gasteiger partial charge in [0, 0.05) is 11.3 Å². The molecule has 0 fully saturated rings. The molecule has 2 rings (SSSR count). The number of hydrogen-bond acceptors (Lipinski definition) is 3. The lowest BCUT2D eigenvalue weighted by molar-refractivity contribution is -0.118. The Kier molecular flexibility index (Phi) is 8.25. The average molecular weight is 397 g/mol. The molecule has 0 unspecified atom stereocenters. The van der Waals surface area contributed by atoms with Gasteiger partial charge in [-0.2, -0.15) is 0 Å². The number of amides is 2. The molecule has 0 bridgehead atoms. The molecule has 2 aromatic rings. The molecule has 0 spiro atoms. The number of ether oxygens (including phenoxy) is 1. The first kappa shape index (κ1) is 22.5. The summed E-state index contributed by atoms with van der Waals surface area (Å²) in [5, 5.41) is 5.77. The van der Waals surface area contributed by atoms with Gasteiger partial charge >= 0.3 is 0 Å². The Bertz CT molecular complexity index is 798. The van der Waals surface area contributed by atoms with Crippen LogP contribution >= 0.6 is 0 Å². The van der Waals surface area contributed by atoms with E-state index in [0.717, 1.165) is 12.1 Å². The second-order valence-corrected chi connectivity index (χ2v) is 7.57. The van der Waals surface area contributed by atoms with Gasteiger partial charge in [0.25, 0.3) is 5.91 Å². The Balaban J connectivity index is 2.04. The Hall–Kier alpha value is -2.82. The van der Waals surface area contributed by atoms with Crippen molar-refractivity contribution in [1.82, 2.24) is 5.32 Å². The van der Waals surface area contributed by atoms with Crippen molar-refractivity contribution < 1.29 is 14.3 Å². The quantitative estimate of drug-likeness (QED) is 0.627. The van der Waals surface area contributed by atoms with Gasteiger partial charge in [0.1, 0.15) is 11.8 Å². The Morgan fingerprint density at radius 1 is 0.931 bits per heavy atom. The van der Waals surface area contributed by atoms with Crippen molar-refractivity contribution >= 4 is 17.5 Å². The van der Waals surface area contributed by atoms with E-state index >= 15 is 0 Å². The average Bonchev–Trinajstić information content (AvgIpc) is 2.72. The molecular formula is C24H32N2O3. The van der Waals surface area contributed by atoms with Gasteiger partial charge in [-0.15, -0.1) is 0 Å². The largest absolute Gasteiger partial charge is 0.494 e. The van der Waals surface area contributed by atoms with Crippen LogP contribution in [0.2, 0.25) is 0 Å². The lowest BCUT2D eigenvalue weighted by atomic mass is 9.98. The minimum atomic E-state index is -0.636. The van der Waals surface area contributed by atoms with Crippen LogP contribution in [0.1, 0.15) is 62.9 Å². The van der Waals surface area contributed by atoms with Crippen LogP contribution in [-0.4, -0.2) is 24.5 Å². The number of anilines is 1. The van der Waals surface area contributed by atoms with Gasteiger partial charge in [-0.25, -0.2) is 0 Å². The molecule has 0 radical (unpaired) electrons. The van der Waals surface area contributed by atoms with Gasteiger partial charge in [-0.05, 0) is 67.1 Å². The van der Waals surface area contributed by atoms with E-state index in [-0.39, 0.29) is 17.7 Å². The highest BCUT2D eigenvalue weighted by Crippen LogP contribution is 2.21. The predicted octanol–water partition coefficient (Wildman–Crippen LogP) is 4.99. The molecule has 0 heterocycles. The molecule has 156 valence electrons. The van der Waals surface area contributed by atoms with E-state index in [0.29, 0.717) is 23.8 Å². The van der Waals surface area contributed by atoms with Crippen molar-refractivity contribution in [2.75, 3.05) is 11.9 Å². The van der Waals surface area contributed by atoms with Crippen molar-refractivity contribution in [2.24, 2.45) is 5.92 Å². The maximum Gasteiger partial charge on any atom is 0.251 e. The molecule has 29 heavy (non-hydrogen) atoms. The van der Waals surface area contributed by atoms with Crippen LogP contribution in [0.3, 0.4) is 0 Å². The summed E-state index contributed by atoms with van der Waals surface area (Å²) in [5.74, 6) is 0.630. The van der Waals surface area contributed by atoms with E-state index in [4.69, 9.17) is 4.74 Å². The molecule has 0 saturated carbocycles. The molecule has 0 aliphatic rings. The number of benzene rings is 2. The van der Waals surface area contributed by atoms with E-state index in [9.17, 15) is 9.59 Å². The van der Waals surface area contributed by atoms with Gasteiger partial charge in [0.15, 0.2) is 0 Å². The van der Waals surface area contributed by atoms with E-state index in [1.54, 1.807) is 24.3 Å². The van der Waals surface area contributed by atoms with Gasteiger partial charge < -0.3 is 15.4 Å². The van der Waals surface area contributed by atoms with Gasteiger partial charge in [-0.1, -0.05) is 39.8 Å². The second kappa shape index (κ2) is 10.6. The predicted molar refractivity (Wildman–Crippen MR) is 117 cm³/mol. The zero-order valence-corrected chi connectivity index (χ0v) is 18.0. The molecule has 2 amide bonds. The van der Waals surface area contributed by atoms with E-state index in [1.165, 1.54) is 5.56 Å². The van der Waals surface area contributed by atoms with E-state index in [1.807, 2.05) is 45.0 Å². The van der Waals surface area contributed by atoms with Crippen molar-refractivity contribution in [2.45, 2.75) is 53.0 Å². The minimum Gasteiger partial charge on any atom is -0.494 e. The fourth-order valence-corrected chi connectivity index (χ4v) is 2.98. The number of rotatable bonds is 9. The number of hydrogen-bond donors (Lipinski definition) is 2.